The Balaban J connectivity index is 1.95. The number of hydrogen-bond acceptors (Lipinski definition) is 5. The Labute approximate surface area is 110 Å². The van der Waals surface area contributed by atoms with Gasteiger partial charge in [-0.1, -0.05) is 0 Å². The third-order valence-electron chi connectivity index (χ3n) is 2.59. The van der Waals surface area contributed by atoms with Crippen molar-refractivity contribution in [2.24, 2.45) is 0 Å². The second kappa shape index (κ2) is 5.90. The topological polar surface area (TPSA) is 79.4 Å². The van der Waals surface area contributed by atoms with Gasteiger partial charge in [0.1, 0.15) is 12.4 Å². The van der Waals surface area contributed by atoms with Crippen molar-refractivity contribution in [1.29, 1.82) is 0 Å². The molecule has 1 aromatic heterocycles. The summed E-state index contributed by atoms with van der Waals surface area (Å²) in [7, 11) is 1.53. The number of hydrogen-bond donors (Lipinski definition) is 1. The summed E-state index contributed by atoms with van der Waals surface area (Å²) in [6, 6.07) is 6.67. The van der Waals surface area contributed by atoms with E-state index < -0.39 is 5.97 Å². The predicted octanol–water partition coefficient (Wildman–Crippen LogP) is 1.33. The number of anilines is 1. The molecule has 0 unspecified atom stereocenters. The molecule has 1 heterocycles. The van der Waals surface area contributed by atoms with Gasteiger partial charge >= 0.3 is 5.97 Å². The summed E-state index contributed by atoms with van der Waals surface area (Å²) in [5.41, 5.74) is 6.41. The Kier molecular flexibility index (Phi) is 4.02. The zero-order valence-corrected chi connectivity index (χ0v) is 10.6. The van der Waals surface area contributed by atoms with Crippen molar-refractivity contribution in [2.45, 2.75) is 6.54 Å². The molecule has 0 radical (unpaired) electrons. The van der Waals surface area contributed by atoms with E-state index in [1.54, 1.807) is 35.3 Å². The third kappa shape index (κ3) is 3.25. The second-order valence-electron chi connectivity index (χ2n) is 3.86. The molecule has 0 atom stereocenters. The molecule has 0 saturated carbocycles. The van der Waals surface area contributed by atoms with Gasteiger partial charge in [0.2, 0.25) is 0 Å². The number of nitrogens with two attached hydrogens (primary N) is 1. The number of esters is 1. The summed E-state index contributed by atoms with van der Waals surface area (Å²) in [5, 5.41) is 4.01. The molecule has 0 spiro atoms. The van der Waals surface area contributed by atoms with E-state index in [4.69, 9.17) is 15.2 Å². The Hall–Kier alpha value is -2.50. The number of carbonyl (C=O) groups excluding carboxylic acids is 1. The number of rotatable bonds is 5. The number of benzene rings is 1. The SMILES string of the molecule is COc1ccc(N)c(C(=O)OCCn2cccn2)c1. The van der Waals surface area contributed by atoms with Gasteiger partial charge in [-0.25, -0.2) is 4.79 Å². The molecular weight excluding hydrogens is 246 g/mol. The lowest BCUT2D eigenvalue weighted by Gasteiger charge is -2.08. The van der Waals surface area contributed by atoms with Gasteiger partial charge in [0.25, 0.3) is 0 Å². The van der Waals surface area contributed by atoms with Gasteiger partial charge in [-0.3, -0.25) is 4.68 Å². The van der Waals surface area contributed by atoms with Crippen molar-refractivity contribution >= 4 is 11.7 Å². The Morgan fingerprint density at radius 2 is 2.32 bits per heavy atom. The molecule has 0 aliphatic carbocycles. The summed E-state index contributed by atoms with van der Waals surface area (Å²) < 4.78 is 11.9. The molecule has 19 heavy (non-hydrogen) atoms. The van der Waals surface area contributed by atoms with Crippen LogP contribution in [0.5, 0.6) is 5.75 Å². The maximum atomic E-state index is 11.9. The highest BCUT2D eigenvalue weighted by atomic mass is 16.5. The van der Waals surface area contributed by atoms with E-state index >= 15 is 0 Å². The average Bonchev–Trinajstić information content (AvgIpc) is 2.92. The molecule has 2 rings (SSSR count). The number of aromatic nitrogens is 2. The van der Waals surface area contributed by atoms with Gasteiger partial charge in [-0.15, -0.1) is 0 Å². The predicted molar refractivity (Wildman–Crippen MR) is 69.9 cm³/mol. The highest BCUT2D eigenvalue weighted by Gasteiger charge is 2.12. The third-order valence-corrected chi connectivity index (χ3v) is 2.59. The number of ether oxygens (including phenoxy) is 2. The molecular formula is C13H15N3O3. The first kappa shape index (κ1) is 12.9. The van der Waals surface area contributed by atoms with Crippen LogP contribution in [0.3, 0.4) is 0 Å². The number of nitrogens with zero attached hydrogens (tertiary/aromatic N) is 2. The molecule has 0 fully saturated rings. The molecule has 6 nitrogen and oxygen atoms in total. The maximum Gasteiger partial charge on any atom is 0.340 e. The van der Waals surface area contributed by atoms with E-state index in [2.05, 4.69) is 5.10 Å². The largest absolute Gasteiger partial charge is 0.497 e. The molecule has 1 aromatic carbocycles. The number of carbonyl (C=O) groups is 1. The molecule has 0 amide bonds. The van der Waals surface area contributed by atoms with Crippen LogP contribution < -0.4 is 10.5 Å². The van der Waals surface area contributed by atoms with Crippen molar-refractivity contribution in [2.75, 3.05) is 19.5 Å². The van der Waals surface area contributed by atoms with Crippen LogP contribution >= 0.6 is 0 Å². The van der Waals surface area contributed by atoms with E-state index in [0.29, 0.717) is 23.5 Å². The van der Waals surface area contributed by atoms with Gasteiger partial charge < -0.3 is 15.2 Å². The van der Waals surface area contributed by atoms with E-state index in [1.165, 1.54) is 7.11 Å². The van der Waals surface area contributed by atoms with Gasteiger partial charge in [-0.2, -0.15) is 5.10 Å². The van der Waals surface area contributed by atoms with Gasteiger partial charge in [-0.05, 0) is 24.3 Å². The van der Waals surface area contributed by atoms with Crippen LogP contribution in [0.4, 0.5) is 5.69 Å². The fourth-order valence-electron chi connectivity index (χ4n) is 1.58. The summed E-state index contributed by atoms with van der Waals surface area (Å²) in [4.78, 5) is 11.9. The van der Waals surface area contributed by atoms with Crippen LogP contribution in [0.15, 0.2) is 36.7 Å². The minimum atomic E-state index is -0.469. The normalized spacial score (nSPS) is 10.2. The molecule has 100 valence electrons. The first-order valence-corrected chi connectivity index (χ1v) is 5.79. The van der Waals surface area contributed by atoms with E-state index in [9.17, 15) is 4.79 Å². The Bertz CT molecular complexity index is 552. The highest BCUT2D eigenvalue weighted by Crippen LogP contribution is 2.20. The summed E-state index contributed by atoms with van der Waals surface area (Å²) in [6.07, 6.45) is 3.47. The molecule has 6 heteroatoms. The van der Waals surface area contributed by atoms with Crippen molar-refractivity contribution in [3.05, 3.63) is 42.2 Å². The fraction of sp³-hybridized carbons (Fsp3) is 0.231. The van der Waals surface area contributed by atoms with E-state index in [-0.39, 0.29) is 6.61 Å². The van der Waals surface area contributed by atoms with Crippen molar-refractivity contribution in [1.82, 2.24) is 9.78 Å². The quantitative estimate of drug-likeness (QED) is 0.649. The van der Waals surface area contributed by atoms with Crippen LogP contribution in [-0.4, -0.2) is 29.5 Å². The summed E-state index contributed by atoms with van der Waals surface area (Å²) in [5.74, 6) is 0.0942. The van der Waals surface area contributed by atoms with Crippen molar-refractivity contribution in [3.8, 4) is 5.75 Å². The van der Waals surface area contributed by atoms with E-state index in [0.717, 1.165) is 0 Å². The zero-order valence-electron chi connectivity index (χ0n) is 10.6. The lowest BCUT2D eigenvalue weighted by atomic mass is 10.2. The van der Waals surface area contributed by atoms with Gasteiger partial charge in [0.15, 0.2) is 0 Å². The van der Waals surface area contributed by atoms with Crippen LogP contribution in [0.25, 0.3) is 0 Å². The monoisotopic (exact) mass is 261 g/mol. The lowest BCUT2D eigenvalue weighted by molar-refractivity contribution is 0.0488. The summed E-state index contributed by atoms with van der Waals surface area (Å²) >= 11 is 0. The first-order chi connectivity index (χ1) is 9.20. The Morgan fingerprint density at radius 3 is 3.00 bits per heavy atom. The fourth-order valence-corrected chi connectivity index (χ4v) is 1.58. The second-order valence-corrected chi connectivity index (χ2v) is 3.86. The maximum absolute atomic E-state index is 11.9. The minimum absolute atomic E-state index is 0.233. The lowest BCUT2D eigenvalue weighted by Crippen LogP contribution is -2.13. The zero-order chi connectivity index (χ0) is 13.7. The molecule has 0 aliphatic rings. The number of methoxy groups -OCH3 is 1. The summed E-state index contributed by atoms with van der Waals surface area (Å²) in [6.45, 7) is 0.736. The Morgan fingerprint density at radius 1 is 1.47 bits per heavy atom. The van der Waals surface area contributed by atoms with Gasteiger partial charge in [0.05, 0.1) is 19.2 Å². The van der Waals surface area contributed by atoms with Crippen LogP contribution in [-0.2, 0) is 11.3 Å². The average molecular weight is 261 g/mol. The molecule has 0 saturated heterocycles. The van der Waals surface area contributed by atoms with Crippen molar-refractivity contribution < 1.29 is 14.3 Å². The minimum Gasteiger partial charge on any atom is -0.497 e. The molecule has 2 N–H and O–H groups in total. The standard InChI is InChI=1S/C13H15N3O3/c1-18-10-3-4-12(14)11(9-10)13(17)19-8-7-16-6-2-5-15-16/h2-6,9H,7-8,14H2,1H3. The highest BCUT2D eigenvalue weighted by molar-refractivity contribution is 5.95. The number of nitrogen functional groups attached to an aromatic ring is 1. The van der Waals surface area contributed by atoms with Crippen LogP contribution in [0, 0.1) is 0 Å². The van der Waals surface area contributed by atoms with E-state index in [1.807, 2.05) is 6.07 Å². The molecule has 0 bridgehead atoms. The molecule has 2 aromatic rings. The van der Waals surface area contributed by atoms with Crippen LogP contribution in [0.2, 0.25) is 0 Å². The van der Waals surface area contributed by atoms with Gasteiger partial charge in [0, 0.05) is 18.1 Å². The first-order valence-electron chi connectivity index (χ1n) is 5.79. The molecule has 0 aliphatic heterocycles. The van der Waals surface area contributed by atoms with Crippen molar-refractivity contribution in [3.63, 3.8) is 0 Å². The smallest absolute Gasteiger partial charge is 0.340 e. The van der Waals surface area contributed by atoms with Crippen LogP contribution in [0.1, 0.15) is 10.4 Å².